The van der Waals surface area contributed by atoms with Crippen LogP contribution in [0, 0.1) is 5.92 Å². The summed E-state index contributed by atoms with van der Waals surface area (Å²) >= 11 is 0. The summed E-state index contributed by atoms with van der Waals surface area (Å²) in [6.45, 7) is 4.60. The second-order valence-electron chi connectivity index (χ2n) is 3.73. The summed E-state index contributed by atoms with van der Waals surface area (Å²) < 4.78 is 10.0. The summed E-state index contributed by atoms with van der Waals surface area (Å²) in [7, 11) is 3.33. The summed E-state index contributed by atoms with van der Waals surface area (Å²) in [5.74, 6) is 0.421. The van der Waals surface area contributed by atoms with Gasteiger partial charge in [0.2, 0.25) is 0 Å². The predicted molar refractivity (Wildman–Crippen MR) is 56.4 cm³/mol. The summed E-state index contributed by atoms with van der Waals surface area (Å²) in [5, 5.41) is 0. The number of carbonyl (C=O) groups excluding carboxylic acids is 1. The summed E-state index contributed by atoms with van der Waals surface area (Å²) in [6.07, 6.45) is 2.41. The van der Waals surface area contributed by atoms with E-state index in [1.807, 2.05) is 13.8 Å². The monoisotopic (exact) mass is 202 g/mol. The van der Waals surface area contributed by atoms with Crippen molar-refractivity contribution < 1.29 is 14.3 Å². The highest BCUT2D eigenvalue weighted by atomic mass is 16.5. The number of ether oxygens (including phenoxy) is 2. The molecule has 0 saturated heterocycles. The van der Waals surface area contributed by atoms with E-state index in [1.165, 1.54) is 0 Å². The van der Waals surface area contributed by atoms with Crippen LogP contribution in [0.2, 0.25) is 0 Å². The lowest BCUT2D eigenvalue weighted by atomic mass is 9.98. The Balaban J connectivity index is 3.61. The quantitative estimate of drug-likeness (QED) is 0.604. The van der Waals surface area contributed by atoms with Gasteiger partial charge in [-0.3, -0.25) is 4.79 Å². The topological polar surface area (TPSA) is 35.5 Å². The number of rotatable bonds is 8. The Hall–Kier alpha value is -0.410. The molecule has 0 aromatic heterocycles. The first-order valence-electron chi connectivity index (χ1n) is 5.16. The van der Waals surface area contributed by atoms with Crippen molar-refractivity contribution in [2.24, 2.45) is 5.92 Å². The maximum Gasteiger partial charge on any atom is 0.135 e. The summed E-state index contributed by atoms with van der Waals surface area (Å²) in [4.78, 5) is 11.6. The second-order valence-corrected chi connectivity index (χ2v) is 3.73. The smallest absolute Gasteiger partial charge is 0.135 e. The molecular formula is C11H22O3. The van der Waals surface area contributed by atoms with Crippen molar-refractivity contribution >= 4 is 5.78 Å². The normalized spacial score (nSPS) is 15.1. The van der Waals surface area contributed by atoms with Crippen LogP contribution in [0.5, 0.6) is 0 Å². The molecule has 0 aromatic carbocycles. The van der Waals surface area contributed by atoms with Crippen LogP contribution >= 0.6 is 0 Å². The van der Waals surface area contributed by atoms with Crippen LogP contribution in [0.25, 0.3) is 0 Å². The molecule has 3 nitrogen and oxygen atoms in total. The molecule has 0 bridgehead atoms. The number of hydrogen-bond donors (Lipinski definition) is 0. The minimum atomic E-state index is 0.110. The third kappa shape index (κ3) is 6.11. The van der Waals surface area contributed by atoms with Gasteiger partial charge in [0, 0.05) is 33.2 Å². The van der Waals surface area contributed by atoms with Crippen molar-refractivity contribution in [3.8, 4) is 0 Å². The fraction of sp³-hybridized carbons (Fsp3) is 0.909. The van der Waals surface area contributed by atoms with E-state index in [0.29, 0.717) is 18.8 Å². The molecule has 0 N–H and O–H groups in total. The van der Waals surface area contributed by atoms with Gasteiger partial charge in [-0.05, 0) is 19.8 Å². The molecule has 3 heteroatoms. The van der Waals surface area contributed by atoms with Crippen molar-refractivity contribution in [1.29, 1.82) is 0 Å². The minimum absolute atomic E-state index is 0.110. The van der Waals surface area contributed by atoms with Gasteiger partial charge in [-0.2, -0.15) is 0 Å². The summed E-state index contributed by atoms with van der Waals surface area (Å²) in [6, 6.07) is 0. The first-order valence-corrected chi connectivity index (χ1v) is 5.16. The second kappa shape index (κ2) is 7.94. The zero-order chi connectivity index (χ0) is 11.0. The molecule has 0 saturated carbocycles. The van der Waals surface area contributed by atoms with E-state index in [1.54, 1.807) is 14.2 Å². The molecular weight excluding hydrogens is 180 g/mol. The van der Waals surface area contributed by atoms with Crippen LogP contribution < -0.4 is 0 Å². The molecule has 2 unspecified atom stereocenters. The Labute approximate surface area is 86.8 Å². The SMILES string of the molecule is COCCC(C)C(=O)CCC(C)OC. The molecule has 0 aromatic rings. The third-order valence-corrected chi connectivity index (χ3v) is 2.50. The molecule has 14 heavy (non-hydrogen) atoms. The first kappa shape index (κ1) is 13.6. The van der Waals surface area contributed by atoms with Crippen LogP contribution in [0.15, 0.2) is 0 Å². The van der Waals surface area contributed by atoms with Crippen molar-refractivity contribution in [3.05, 3.63) is 0 Å². The van der Waals surface area contributed by atoms with E-state index in [9.17, 15) is 4.79 Å². The Kier molecular flexibility index (Phi) is 7.71. The van der Waals surface area contributed by atoms with Gasteiger partial charge in [0.1, 0.15) is 5.78 Å². The van der Waals surface area contributed by atoms with Crippen molar-refractivity contribution in [1.82, 2.24) is 0 Å². The zero-order valence-corrected chi connectivity index (χ0v) is 9.71. The molecule has 0 aliphatic carbocycles. The number of carbonyl (C=O) groups is 1. The summed E-state index contributed by atoms with van der Waals surface area (Å²) in [5.41, 5.74) is 0. The van der Waals surface area contributed by atoms with Crippen LogP contribution in [0.3, 0.4) is 0 Å². The minimum Gasteiger partial charge on any atom is -0.385 e. The van der Waals surface area contributed by atoms with Crippen LogP contribution in [0.4, 0.5) is 0 Å². The van der Waals surface area contributed by atoms with E-state index < -0.39 is 0 Å². The lowest BCUT2D eigenvalue weighted by Crippen LogP contribution is -2.15. The Morgan fingerprint density at radius 1 is 1.21 bits per heavy atom. The van der Waals surface area contributed by atoms with Gasteiger partial charge in [-0.25, -0.2) is 0 Å². The zero-order valence-electron chi connectivity index (χ0n) is 9.71. The van der Waals surface area contributed by atoms with Crippen molar-refractivity contribution in [3.63, 3.8) is 0 Å². The molecule has 0 fully saturated rings. The maximum absolute atomic E-state index is 11.6. The number of ketones is 1. The largest absolute Gasteiger partial charge is 0.385 e. The molecule has 0 amide bonds. The van der Waals surface area contributed by atoms with E-state index in [-0.39, 0.29) is 12.0 Å². The molecule has 0 aliphatic heterocycles. The van der Waals surface area contributed by atoms with Gasteiger partial charge < -0.3 is 9.47 Å². The number of Topliss-reactive ketones (excluding diaryl/α,β-unsaturated/α-hetero) is 1. The highest BCUT2D eigenvalue weighted by Crippen LogP contribution is 2.10. The molecule has 0 aliphatic rings. The number of methoxy groups -OCH3 is 2. The van der Waals surface area contributed by atoms with E-state index >= 15 is 0 Å². The lowest BCUT2D eigenvalue weighted by molar-refractivity contribution is -0.123. The van der Waals surface area contributed by atoms with Gasteiger partial charge >= 0.3 is 0 Å². The third-order valence-electron chi connectivity index (χ3n) is 2.50. The average molecular weight is 202 g/mol. The van der Waals surface area contributed by atoms with Gasteiger partial charge in [-0.15, -0.1) is 0 Å². The van der Waals surface area contributed by atoms with Crippen molar-refractivity contribution in [2.75, 3.05) is 20.8 Å². The van der Waals surface area contributed by atoms with Gasteiger partial charge in [0.05, 0.1) is 6.10 Å². The fourth-order valence-electron chi connectivity index (χ4n) is 1.17. The molecule has 0 spiro atoms. The highest BCUT2D eigenvalue weighted by molar-refractivity contribution is 5.80. The molecule has 0 heterocycles. The molecule has 2 atom stereocenters. The predicted octanol–water partition coefficient (Wildman–Crippen LogP) is 2.04. The molecule has 84 valence electrons. The van der Waals surface area contributed by atoms with E-state index in [4.69, 9.17) is 9.47 Å². The fourth-order valence-corrected chi connectivity index (χ4v) is 1.17. The standard InChI is InChI=1S/C11H22O3/c1-9(7-8-13-3)11(12)6-5-10(2)14-4/h9-10H,5-8H2,1-4H3. The molecule has 0 rings (SSSR count). The Morgan fingerprint density at radius 3 is 2.36 bits per heavy atom. The van der Waals surface area contributed by atoms with E-state index in [2.05, 4.69) is 0 Å². The average Bonchev–Trinajstić information content (AvgIpc) is 2.21. The van der Waals surface area contributed by atoms with Crippen molar-refractivity contribution in [2.45, 2.75) is 39.2 Å². The molecule has 0 radical (unpaired) electrons. The van der Waals surface area contributed by atoms with E-state index in [0.717, 1.165) is 12.8 Å². The van der Waals surface area contributed by atoms with Gasteiger partial charge in [0.15, 0.2) is 0 Å². The Morgan fingerprint density at radius 2 is 1.86 bits per heavy atom. The lowest BCUT2D eigenvalue weighted by Gasteiger charge is -2.12. The van der Waals surface area contributed by atoms with Crippen LogP contribution in [-0.2, 0) is 14.3 Å². The number of hydrogen-bond acceptors (Lipinski definition) is 3. The highest BCUT2D eigenvalue weighted by Gasteiger charge is 2.13. The Bertz CT molecular complexity index is 157. The van der Waals surface area contributed by atoms with Gasteiger partial charge in [0.25, 0.3) is 0 Å². The first-order chi connectivity index (χ1) is 6.61. The van der Waals surface area contributed by atoms with Crippen LogP contribution in [-0.4, -0.2) is 32.7 Å². The maximum atomic E-state index is 11.6. The van der Waals surface area contributed by atoms with Gasteiger partial charge in [-0.1, -0.05) is 6.92 Å². The van der Waals surface area contributed by atoms with Crippen LogP contribution in [0.1, 0.15) is 33.1 Å².